The van der Waals surface area contributed by atoms with Crippen LogP contribution in [0.4, 0.5) is 0 Å². The fourth-order valence-corrected chi connectivity index (χ4v) is 1.44. The lowest BCUT2D eigenvalue weighted by Gasteiger charge is -1.92. The molecule has 86 valence electrons. The summed E-state index contributed by atoms with van der Waals surface area (Å²) in [5, 5.41) is 18.4. The molecule has 0 unspecified atom stereocenters. The van der Waals surface area contributed by atoms with Crippen molar-refractivity contribution in [1.29, 1.82) is 0 Å². The lowest BCUT2D eigenvalue weighted by molar-refractivity contribution is 0.104. The van der Waals surface area contributed by atoms with E-state index in [1.165, 1.54) is 12.1 Å². The van der Waals surface area contributed by atoms with Crippen molar-refractivity contribution in [3.05, 3.63) is 53.6 Å². The number of hydrogen-bond donors (Lipinski definition) is 3. The Labute approximate surface area is 97.9 Å². The number of carbonyl (C=O) groups excluding carboxylic acids is 1. The number of aromatic nitrogens is 1. The van der Waals surface area contributed by atoms with E-state index in [2.05, 4.69) is 4.98 Å². The van der Waals surface area contributed by atoms with Gasteiger partial charge in [0.05, 0.1) is 5.56 Å². The molecule has 17 heavy (non-hydrogen) atoms. The molecule has 0 radical (unpaired) electrons. The van der Waals surface area contributed by atoms with E-state index in [1.54, 1.807) is 6.08 Å². The summed E-state index contributed by atoms with van der Waals surface area (Å²) in [6.07, 6.45) is 2.99. The summed E-state index contributed by atoms with van der Waals surface area (Å²) in [6.45, 7) is 0. The lowest BCUT2D eigenvalue weighted by Crippen LogP contribution is -1.91. The first-order valence-electron chi connectivity index (χ1n) is 5.05. The highest BCUT2D eigenvalue weighted by Gasteiger charge is 2.11. The average molecular weight is 229 g/mol. The van der Waals surface area contributed by atoms with Crippen LogP contribution in [-0.4, -0.2) is 21.0 Å². The zero-order chi connectivity index (χ0) is 12.3. The molecule has 1 aromatic carbocycles. The number of rotatable bonds is 3. The van der Waals surface area contributed by atoms with E-state index in [0.29, 0.717) is 0 Å². The third-order valence-corrected chi connectivity index (χ3v) is 2.27. The molecule has 0 fully saturated rings. The number of aromatic hydroxyl groups is 2. The van der Waals surface area contributed by atoms with E-state index in [9.17, 15) is 9.90 Å². The Morgan fingerprint density at radius 3 is 2.47 bits per heavy atom. The van der Waals surface area contributed by atoms with Crippen LogP contribution in [0.1, 0.15) is 15.9 Å². The molecule has 2 aromatic rings. The molecule has 0 aliphatic carbocycles. The first kappa shape index (κ1) is 11.0. The van der Waals surface area contributed by atoms with Crippen LogP contribution in [0.15, 0.2) is 42.5 Å². The summed E-state index contributed by atoms with van der Waals surface area (Å²) in [7, 11) is 0. The Morgan fingerprint density at radius 1 is 1.18 bits per heavy atom. The summed E-state index contributed by atoms with van der Waals surface area (Å²) >= 11 is 0. The van der Waals surface area contributed by atoms with Crippen molar-refractivity contribution in [2.75, 3.05) is 0 Å². The summed E-state index contributed by atoms with van der Waals surface area (Å²) in [5.74, 6) is -0.938. The predicted molar refractivity (Wildman–Crippen MR) is 63.9 cm³/mol. The van der Waals surface area contributed by atoms with Crippen molar-refractivity contribution in [3.63, 3.8) is 0 Å². The van der Waals surface area contributed by atoms with Crippen molar-refractivity contribution in [2.24, 2.45) is 0 Å². The van der Waals surface area contributed by atoms with E-state index >= 15 is 0 Å². The molecule has 4 nitrogen and oxygen atoms in total. The first-order valence-corrected chi connectivity index (χ1v) is 5.05. The van der Waals surface area contributed by atoms with Crippen LogP contribution in [0.25, 0.3) is 6.08 Å². The van der Waals surface area contributed by atoms with E-state index in [-0.39, 0.29) is 23.1 Å². The van der Waals surface area contributed by atoms with E-state index in [4.69, 9.17) is 5.11 Å². The molecule has 0 atom stereocenters. The third-order valence-electron chi connectivity index (χ3n) is 2.27. The minimum absolute atomic E-state index is 0.0506. The van der Waals surface area contributed by atoms with Gasteiger partial charge in [0.25, 0.3) is 0 Å². The lowest BCUT2D eigenvalue weighted by atomic mass is 10.1. The molecule has 0 saturated carbocycles. The molecule has 1 heterocycles. The number of aromatic amines is 1. The standard InChI is InChI=1S/C13H11NO3/c15-11(10-8-12(16)14-13(10)17)7-6-9-4-2-1-3-5-9/h1-8,14,16-17H. The molecule has 0 spiro atoms. The topological polar surface area (TPSA) is 73.3 Å². The summed E-state index contributed by atoms with van der Waals surface area (Å²) in [4.78, 5) is 13.9. The minimum Gasteiger partial charge on any atom is -0.494 e. The maximum atomic E-state index is 11.7. The van der Waals surface area contributed by atoms with Gasteiger partial charge in [0.15, 0.2) is 11.7 Å². The van der Waals surface area contributed by atoms with E-state index in [0.717, 1.165) is 5.56 Å². The highest BCUT2D eigenvalue weighted by molar-refractivity contribution is 6.08. The number of nitrogens with one attached hydrogen (secondary N) is 1. The second kappa shape index (κ2) is 4.57. The molecule has 0 aliphatic rings. The van der Waals surface area contributed by atoms with Crippen molar-refractivity contribution >= 4 is 11.9 Å². The van der Waals surface area contributed by atoms with Crippen LogP contribution in [0.5, 0.6) is 11.8 Å². The molecule has 2 rings (SSSR count). The zero-order valence-electron chi connectivity index (χ0n) is 8.92. The Hall–Kier alpha value is -2.49. The van der Waals surface area contributed by atoms with E-state index < -0.39 is 0 Å². The van der Waals surface area contributed by atoms with Crippen molar-refractivity contribution < 1.29 is 15.0 Å². The van der Waals surface area contributed by atoms with E-state index in [1.807, 2.05) is 30.3 Å². The number of ketones is 1. The highest BCUT2D eigenvalue weighted by Crippen LogP contribution is 2.22. The third kappa shape index (κ3) is 2.55. The molecule has 3 N–H and O–H groups in total. The molecule has 4 heteroatoms. The number of benzene rings is 1. The van der Waals surface area contributed by atoms with Gasteiger partial charge in [-0.15, -0.1) is 0 Å². The smallest absolute Gasteiger partial charge is 0.202 e. The molecule has 0 aliphatic heterocycles. The van der Waals surface area contributed by atoms with Gasteiger partial charge in [0, 0.05) is 6.07 Å². The van der Waals surface area contributed by atoms with Crippen LogP contribution in [0.2, 0.25) is 0 Å². The fourth-order valence-electron chi connectivity index (χ4n) is 1.44. The van der Waals surface area contributed by atoms with Crippen LogP contribution in [0.3, 0.4) is 0 Å². The number of H-pyrrole nitrogens is 1. The van der Waals surface area contributed by atoms with Gasteiger partial charge in [-0.1, -0.05) is 36.4 Å². The highest BCUT2D eigenvalue weighted by atomic mass is 16.3. The largest absolute Gasteiger partial charge is 0.494 e. The van der Waals surface area contributed by atoms with Gasteiger partial charge in [-0.2, -0.15) is 0 Å². The Morgan fingerprint density at radius 2 is 1.88 bits per heavy atom. The van der Waals surface area contributed by atoms with Gasteiger partial charge >= 0.3 is 0 Å². The molecular weight excluding hydrogens is 218 g/mol. The van der Waals surface area contributed by atoms with Gasteiger partial charge in [0.1, 0.15) is 0 Å². The molecule has 0 saturated heterocycles. The minimum atomic E-state index is -0.372. The molecule has 0 amide bonds. The summed E-state index contributed by atoms with van der Waals surface area (Å²) in [6, 6.07) is 10.5. The van der Waals surface area contributed by atoms with Gasteiger partial charge < -0.3 is 10.2 Å². The molecular formula is C13H11NO3. The van der Waals surface area contributed by atoms with Crippen molar-refractivity contribution in [1.82, 2.24) is 4.98 Å². The van der Waals surface area contributed by atoms with Crippen LogP contribution < -0.4 is 0 Å². The maximum Gasteiger partial charge on any atom is 0.202 e. The average Bonchev–Trinajstić information content (AvgIpc) is 2.67. The number of hydrogen-bond acceptors (Lipinski definition) is 3. The Balaban J connectivity index is 2.18. The number of carbonyl (C=O) groups is 1. The molecule has 0 bridgehead atoms. The zero-order valence-corrected chi connectivity index (χ0v) is 8.92. The van der Waals surface area contributed by atoms with Gasteiger partial charge in [-0.05, 0) is 11.6 Å². The monoisotopic (exact) mass is 229 g/mol. The Kier molecular flexibility index (Phi) is 2.96. The van der Waals surface area contributed by atoms with Crippen LogP contribution >= 0.6 is 0 Å². The molecule has 1 aromatic heterocycles. The predicted octanol–water partition coefficient (Wildman–Crippen LogP) is 2.32. The van der Waals surface area contributed by atoms with Crippen molar-refractivity contribution in [2.45, 2.75) is 0 Å². The SMILES string of the molecule is O=C(C=Cc1ccccc1)c1cc(O)[nH]c1O. The van der Waals surface area contributed by atoms with Crippen molar-refractivity contribution in [3.8, 4) is 11.8 Å². The summed E-state index contributed by atoms with van der Waals surface area (Å²) < 4.78 is 0. The second-order valence-corrected chi connectivity index (χ2v) is 3.53. The van der Waals surface area contributed by atoms with Gasteiger partial charge in [-0.3, -0.25) is 9.78 Å². The quantitative estimate of drug-likeness (QED) is 0.558. The van der Waals surface area contributed by atoms with Gasteiger partial charge in [0.2, 0.25) is 5.88 Å². The van der Waals surface area contributed by atoms with Crippen LogP contribution in [0, 0.1) is 0 Å². The van der Waals surface area contributed by atoms with Gasteiger partial charge in [-0.25, -0.2) is 0 Å². The summed E-state index contributed by atoms with van der Waals surface area (Å²) in [5.41, 5.74) is 0.940. The fraction of sp³-hybridized carbons (Fsp3) is 0. The normalized spacial score (nSPS) is 10.8. The Bertz CT molecular complexity index is 555. The maximum absolute atomic E-state index is 11.7. The second-order valence-electron chi connectivity index (χ2n) is 3.53. The number of allylic oxidation sites excluding steroid dienone is 1. The van der Waals surface area contributed by atoms with Crippen LogP contribution in [-0.2, 0) is 0 Å². The first-order chi connectivity index (χ1) is 8.16.